The van der Waals surface area contributed by atoms with Crippen LogP contribution >= 0.6 is 0 Å². The fourth-order valence-electron chi connectivity index (χ4n) is 1.59. The van der Waals surface area contributed by atoms with Crippen molar-refractivity contribution in [1.29, 1.82) is 0 Å². The van der Waals surface area contributed by atoms with Gasteiger partial charge in [-0.2, -0.15) is 0 Å². The monoisotopic (exact) mass is 188 g/mol. The van der Waals surface area contributed by atoms with Crippen LogP contribution in [0.4, 0.5) is 0 Å². The third kappa shape index (κ3) is 4.10. The molecule has 0 saturated carbocycles. The smallest absolute Gasteiger partial charge is 0.0627 e. The van der Waals surface area contributed by atoms with Crippen molar-refractivity contribution in [3.05, 3.63) is 0 Å². The highest BCUT2D eigenvalue weighted by Gasteiger charge is 2.32. The van der Waals surface area contributed by atoms with Crippen LogP contribution in [0.25, 0.3) is 0 Å². The molecule has 0 aromatic carbocycles. The minimum atomic E-state index is -0.104. The van der Waals surface area contributed by atoms with Crippen molar-refractivity contribution in [2.75, 3.05) is 13.7 Å². The van der Waals surface area contributed by atoms with Gasteiger partial charge < -0.3 is 9.84 Å². The first-order valence-electron chi connectivity index (χ1n) is 4.91. The van der Waals surface area contributed by atoms with Gasteiger partial charge in [0, 0.05) is 13.7 Å². The summed E-state index contributed by atoms with van der Waals surface area (Å²) in [6, 6.07) is 0. The molecule has 2 nitrogen and oxygen atoms in total. The molecule has 0 radical (unpaired) electrons. The van der Waals surface area contributed by atoms with Gasteiger partial charge in [0.1, 0.15) is 0 Å². The third-order valence-electron chi connectivity index (χ3n) is 3.04. The molecule has 1 N–H and O–H groups in total. The van der Waals surface area contributed by atoms with Gasteiger partial charge in [-0.15, -0.1) is 0 Å². The maximum atomic E-state index is 9.10. The van der Waals surface area contributed by atoms with Crippen LogP contribution in [0.3, 0.4) is 0 Å². The highest BCUT2D eigenvalue weighted by Crippen LogP contribution is 2.36. The second-order valence-electron chi connectivity index (χ2n) is 5.21. The van der Waals surface area contributed by atoms with Gasteiger partial charge in [-0.3, -0.25) is 0 Å². The predicted octanol–water partition coefficient (Wildman–Crippen LogP) is 2.46. The first-order valence-corrected chi connectivity index (χ1v) is 4.91. The first kappa shape index (κ1) is 12.9. The molecule has 0 amide bonds. The molecule has 0 aliphatic heterocycles. The average molecular weight is 188 g/mol. The van der Waals surface area contributed by atoms with E-state index in [1.807, 2.05) is 0 Å². The maximum absolute atomic E-state index is 9.10. The minimum Gasteiger partial charge on any atom is -0.396 e. The molecule has 0 aliphatic carbocycles. The molecule has 80 valence electrons. The molecular formula is C11H24O2. The fourth-order valence-corrected chi connectivity index (χ4v) is 1.59. The zero-order valence-corrected chi connectivity index (χ0v) is 9.85. The summed E-state index contributed by atoms with van der Waals surface area (Å²) in [6.45, 7) is 10.8. The van der Waals surface area contributed by atoms with Crippen LogP contribution in [0.5, 0.6) is 0 Å². The van der Waals surface area contributed by atoms with Crippen molar-refractivity contribution >= 4 is 0 Å². The van der Waals surface area contributed by atoms with E-state index in [1.165, 1.54) is 0 Å². The molecule has 1 unspecified atom stereocenters. The Balaban J connectivity index is 4.32. The zero-order chi connectivity index (χ0) is 10.7. The number of hydrogen-bond acceptors (Lipinski definition) is 2. The molecule has 1 atom stereocenters. The lowest BCUT2D eigenvalue weighted by Gasteiger charge is -2.37. The summed E-state index contributed by atoms with van der Waals surface area (Å²) in [5.74, 6) is 0.307. The minimum absolute atomic E-state index is 0.104. The van der Waals surface area contributed by atoms with E-state index >= 15 is 0 Å². The Kier molecular flexibility index (Phi) is 4.40. The Labute approximate surface area is 82.3 Å². The quantitative estimate of drug-likeness (QED) is 0.718. The van der Waals surface area contributed by atoms with Crippen molar-refractivity contribution in [1.82, 2.24) is 0 Å². The summed E-state index contributed by atoms with van der Waals surface area (Å²) in [7, 11) is 1.74. The molecule has 0 spiro atoms. The number of rotatable bonds is 5. The summed E-state index contributed by atoms with van der Waals surface area (Å²) < 4.78 is 5.39. The largest absolute Gasteiger partial charge is 0.396 e. The first-order chi connectivity index (χ1) is 5.75. The molecule has 0 aliphatic rings. The van der Waals surface area contributed by atoms with Gasteiger partial charge in [0.25, 0.3) is 0 Å². The van der Waals surface area contributed by atoms with Gasteiger partial charge in [0.05, 0.1) is 5.60 Å². The number of aliphatic hydroxyl groups excluding tert-OH is 1. The van der Waals surface area contributed by atoms with E-state index in [0.29, 0.717) is 5.92 Å². The van der Waals surface area contributed by atoms with Crippen LogP contribution in [-0.2, 0) is 4.74 Å². The van der Waals surface area contributed by atoms with Crippen molar-refractivity contribution < 1.29 is 9.84 Å². The molecule has 0 saturated heterocycles. The Bertz CT molecular complexity index is 150. The van der Waals surface area contributed by atoms with Crippen LogP contribution in [0.15, 0.2) is 0 Å². The molecular weight excluding hydrogens is 164 g/mol. The lowest BCUT2D eigenvalue weighted by molar-refractivity contribution is -0.0310. The summed E-state index contributed by atoms with van der Waals surface area (Å²) in [6.07, 6.45) is 0.957. The van der Waals surface area contributed by atoms with Gasteiger partial charge in [-0.25, -0.2) is 0 Å². The van der Waals surface area contributed by atoms with E-state index in [0.717, 1.165) is 6.42 Å². The number of methoxy groups -OCH3 is 1. The predicted molar refractivity (Wildman–Crippen MR) is 55.7 cm³/mol. The van der Waals surface area contributed by atoms with Crippen LogP contribution in [-0.4, -0.2) is 24.4 Å². The Morgan fingerprint density at radius 2 is 1.69 bits per heavy atom. The van der Waals surface area contributed by atoms with E-state index in [2.05, 4.69) is 34.6 Å². The van der Waals surface area contributed by atoms with E-state index in [1.54, 1.807) is 7.11 Å². The van der Waals surface area contributed by atoms with Crippen molar-refractivity contribution in [2.24, 2.45) is 11.3 Å². The molecule has 13 heavy (non-hydrogen) atoms. The van der Waals surface area contributed by atoms with Gasteiger partial charge in [-0.1, -0.05) is 20.8 Å². The summed E-state index contributed by atoms with van der Waals surface area (Å²) in [4.78, 5) is 0. The van der Waals surface area contributed by atoms with Crippen molar-refractivity contribution in [3.63, 3.8) is 0 Å². The van der Waals surface area contributed by atoms with Gasteiger partial charge in [0.2, 0.25) is 0 Å². The van der Waals surface area contributed by atoms with Crippen LogP contribution in [0.2, 0.25) is 0 Å². The molecule has 0 fully saturated rings. The number of ether oxygens (including phenoxy) is 1. The van der Waals surface area contributed by atoms with E-state index in [-0.39, 0.29) is 17.6 Å². The SMILES string of the molecule is COC(C)(C)CC(C)(C)C(C)CO. The van der Waals surface area contributed by atoms with Gasteiger partial charge in [0.15, 0.2) is 0 Å². The molecule has 0 rings (SSSR count). The highest BCUT2D eigenvalue weighted by atomic mass is 16.5. The summed E-state index contributed by atoms with van der Waals surface area (Å²) in [5, 5.41) is 9.10. The lowest BCUT2D eigenvalue weighted by atomic mass is 9.73. The molecule has 0 aromatic heterocycles. The highest BCUT2D eigenvalue weighted by molar-refractivity contribution is 4.83. The van der Waals surface area contributed by atoms with E-state index < -0.39 is 0 Å². The molecule has 0 bridgehead atoms. The van der Waals surface area contributed by atoms with Crippen LogP contribution < -0.4 is 0 Å². The van der Waals surface area contributed by atoms with Crippen LogP contribution in [0, 0.1) is 11.3 Å². The Hall–Kier alpha value is -0.0800. The fraction of sp³-hybridized carbons (Fsp3) is 1.00. The molecule has 0 heterocycles. The second kappa shape index (κ2) is 4.43. The lowest BCUT2D eigenvalue weighted by Crippen LogP contribution is -2.35. The van der Waals surface area contributed by atoms with Gasteiger partial charge >= 0.3 is 0 Å². The summed E-state index contributed by atoms with van der Waals surface area (Å²) >= 11 is 0. The van der Waals surface area contributed by atoms with E-state index in [4.69, 9.17) is 9.84 Å². The molecule has 0 aromatic rings. The van der Waals surface area contributed by atoms with Crippen LogP contribution in [0.1, 0.15) is 41.0 Å². The second-order valence-corrected chi connectivity index (χ2v) is 5.21. The Morgan fingerprint density at radius 1 is 1.23 bits per heavy atom. The standard InChI is InChI=1S/C11H24O2/c1-9(7-12)10(2,3)8-11(4,5)13-6/h9,12H,7-8H2,1-6H3. The Morgan fingerprint density at radius 3 is 2.00 bits per heavy atom. The molecule has 2 heteroatoms. The van der Waals surface area contributed by atoms with Gasteiger partial charge in [-0.05, 0) is 31.6 Å². The third-order valence-corrected chi connectivity index (χ3v) is 3.04. The number of aliphatic hydroxyl groups is 1. The number of hydrogen-bond donors (Lipinski definition) is 1. The maximum Gasteiger partial charge on any atom is 0.0627 e. The van der Waals surface area contributed by atoms with Crippen molar-refractivity contribution in [2.45, 2.75) is 46.6 Å². The topological polar surface area (TPSA) is 29.5 Å². The average Bonchev–Trinajstić information content (AvgIpc) is 2.01. The van der Waals surface area contributed by atoms with E-state index in [9.17, 15) is 0 Å². The zero-order valence-electron chi connectivity index (χ0n) is 9.85. The summed E-state index contributed by atoms with van der Waals surface area (Å²) in [5.41, 5.74) is 0.0151. The normalized spacial score (nSPS) is 15.9. The van der Waals surface area contributed by atoms with Crippen molar-refractivity contribution in [3.8, 4) is 0 Å².